The Morgan fingerprint density at radius 2 is 0.921 bits per heavy atom. The maximum absolute atomic E-state index is 6.82. The molecule has 9 aromatic rings. The summed E-state index contributed by atoms with van der Waals surface area (Å²) in [5, 5.41) is 0. The largest absolute Gasteiger partial charge is 0.453 e. The minimum absolute atomic E-state index is 0.447. The van der Waals surface area contributed by atoms with Crippen LogP contribution in [0, 0.1) is 0 Å². The van der Waals surface area contributed by atoms with E-state index in [0.29, 0.717) is 0 Å². The summed E-state index contributed by atoms with van der Waals surface area (Å²) in [4.78, 5) is 2.35. The second-order valence-corrected chi connectivity index (χ2v) is 16.8. The third kappa shape index (κ3) is 5.65. The molecule has 2 heteroatoms. The summed E-state index contributed by atoms with van der Waals surface area (Å²) in [6.45, 7) is 4.45. The summed E-state index contributed by atoms with van der Waals surface area (Å²) >= 11 is 0. The molecular formula is C61H43NO. The van der Waals surface area contributed by atoms with Gasteiger partial charge in [-0.05, 0) is 145 Å². The minimum Gasteiger partial charge on any atom is -0.453 e. The molecule has 0 amide bonds. The fourth-order valence-electron chi connectivity index (χ4n) is 10.6. The fraction of sp³-hybridized carbons (Fsp3) is 0.0492. The lowest BCUT2D eigenvalue weighted by atomic mass is 9.69. The lowest BCUT2D eigenvalue weighted by molar-refractivity contribution is 0.477. The summed E-state index contributed by atoms with van der Waals surface area (Å²) < 4.78 is 6.82. The van der Waals surface area contributed by atoms with Gasteiger partial charge in [-0.15, -0.1) is 0 Å². The zero-order chi connectivity index (χ0) is 42.1. The van der Waals surface area contributed by atoms with Crippen molar-refractivity contribution in [2.75, 3.05) is 4.90 Å². The highest BCUT2D eigenvalue weighted by molar-refractivity contribution is 6.01. The van der Waals surface area contributed by atoms with Crippen molar-refractivity contribution in [3.63, 3.8) is 0 Å². The number of ether oxygens (including phenoxy) is 1. The van der Waals surface area contributed by atoms with Crippen molar-refractivity contribution >= 4 is 22.6 Å². The molecule has 1 aliphatic heterocycles. The Labute approximate surface area is 369 Å². The van der Waals surface area contributed by atoms with E-state index < -0.39 is 5.41 Å². The predicted molar refractivity (Wildman–Crippen MR) is 262 cm³/mol. The Morgan fingerprint density at radius 1 is 0.413 bits per heavy atom. The van der Waals surface area contributed by atoms with Crippen LogP contribution in [0.1, 0.15) is 36.1 Å². The van der Waals surface area contributed by atoms with Gasteiger partial charge in [0, 0.05) is 5.69 Å². The Bertz CT molecular complexity index is 3220. The molecule has 12 rings (SSSR count). The fourth-order valence-corrected chi connectivity index (χ4v) is 10.6. The van der Waals surface area contributed by atoms with Gasteiger partial charge in [0.25, 0.3) is 0 Å². The van der Waals surface area contributed by atoms with Crippen LogP contribution in [0.3, 0.4) is 0 Å². The first kappa shape index (κ1) is 36.9. The predicted octanol–water partition coefficient (Wildman–Crippen LogP) is 16.6. The van der Waals surface area contributed by atoms with Crippen molar-refractivity contribution in [1.29, 1.82) is 0 Å². The highest BCUT2D eigenvalue weighted by Crippen LogP contribution is 2.64. The highest BCUT2D eigenvalue weighted by Gasteiger charge is 2.52. The number of fused-ring (bicyclic) bond motifs is 9. The van der Waals surface area contributed by atoms with Crippen LogP contribution < -0.4 is 9.64 Å². The summed E-state index contributed by atoms with van der Waals surface area (Å²) in [6.07, 6.45) is 4.56. The average molecular weight is 806 g/mol. The zero-order valence-electron chi connectivity index (χ0n) is 35.2. The van der Waals surface area contributed by atoms with Crippen molar-refractivity contribution in [3.05, 3.63) is 252 Å². The first-order valence-corrected chi connectivity index (χ1v) is 21.9. The van der Waals surface area contributed by atoms with E-state index >= 15 is 0 Å². The van der Waals surface area contributed by atoms with Crippen LogP contribution in [-0.4, -0.2) is 0 Å². The lowest BCUT2D eigenvalue weighted by Gasteiger charge is -2.33. The first-order chi connectivity index (χ1) is 31.1. The molecule has 3 aliphatic rings. The normalized spacial score (nSPS) is 15.5. The molecule has 0 saturated carbocycles. The molecule has 1 unspecified atom stereocenters. The van der Waals surface area contributed by atoms with Crippen LogP contribution >= 0.6 is 0 Å². The van der Waals surface area contributed by atoms with Gasteiger partial charge in [-0.1, -0.05) is 182 Å². The zero-order valence-corrected chi connectivity index (χ0v) is 35.2. The van der Waals surface area contributed by atoms with E-state index in [2.05, 4.69) is 243 Å². The lowest BCUT2D eigenvalue weighted by Crippen LogP contribution is -2.26. The standard InChI is InChI=1S/C61H43NO/c1-3-16-52-40(2)49-34-29-45(41-17-7-4-8-18-41)37-55(49)61(52)53-25-14-13-23-51(53)60-50(24-15-26-54(60)61)44-27-32-48(33-28-44)62-56-35-30-46(42-19-9-5-10-20-42)38-58(56)63-59-39-47(31-36-57(59)62)43-21-11-6-12-22-43/h3-39H,1-2H3/b16-3-. The van der Waals surface area contributed by atoms with Gasteiger partial charge in [-0.3, -0.25) is 0 Å². The molecule has 0 aromatic heterocycles. The van der Waals surface area contributed by atoms with Gasteiger partial charge in [-0.25, -0.2) is 0 Å². The van der Waals surface area contributed by atoms with E-state index in [1.54, 1.807) is 0 Å². The number of hydrogen-bond donors (Lipinski definition) is 0. The van der Waals surface area contributed by atoms with Gasteiger partial charge >= 0.3 is 0 Å². The van der Waals surface area contributed by atoms with E-state index in [0.717, 1.165) is 50.8 Å². The Hall–Kier alpha value is -7.94. The van der Waals surface area contributed by atoms with E-state index in [4.69, 9.17) is 4.74 Å². The number of hydrogen-bond acceptors (Lipinski definition) is 2. The minimum atomic E-state index is -0.447. The molecule has 0 saturated heterocycles. The molecule has 1 heterocycles. The molecule has 1 spiro atoms. The average Bonchev–Trinajstić information content (AvgIpc) is 3.79. The molecule has 63 heavy (non-hydrogen) atoms. The number of rotatable bonds is 6. The maximum atomic E-state index is 6.82. The van der Waals surface area contributed by atoms with Crippen molar-refractivity contribution < 1.29 is 4.74 Å². The second kappa shape index (κ2) is 14.6. The molecule has 298 valence electrons. The van der Waals surface area contributed by atoms with Crippen LogP contribution in [0.5, 0.6) is 11.5 Å². The highest BCUT2D eigenvalue weighted by atomic mass is 16.5. The molecule has 0 N–H and O–H groups in total. The van der Waals surface area contributed by atoms with Crippen molar-refractivity contribution in [2.45, 2.75) is 19.3 Å². The van der Waals surface area contributed by atoms with Gasteiger partial charge in [0.2, 0.25) is 0 Å². The van der Waals surface area contributed by atoms with E-state index in [-0.39, 0.29) is 0 Å². The topological polar surface area (TPSA) is 12.5 Å². The Kier molecular flexibility index (Phi) is 8.55. The monoisotopic (exact) mass is 805 g/mol. The summed E-state index contributed by atoms with van der Waals surface area (Å²) in [5.74, 6) is 1.65. The van der Waals surface area contributed by atoms with Gasteiger partial charge in [0.15, 0.2) is 11.5 Å². The number of nitrogens with zero attached hydrogens (tertiary/aromatic N) is 1. The van der Waals surface area contributed by atoms with Gasteiger partial charge in [0.1, 0.15) is 0 Å². The number of benzene rings is 9. The second-order valence-electron chi connectivity index (χ2n) is 16.8. The van der Waals surface area contributed by atoms with E-state index in [1.165, 1.54) is 66.8 Å². The molecule has 0 radical (unpaired) electrons. The molecule has 1 atom stereocenters. The van der Waals surface area contributed by atoms with Crippen LogP contribution in [0.15, 0.2) is 230 Å². The van der Waals surface area contributed by atoms with Crippen LogP contribution in [0.2, 0.25) is 0 Å². The van der Waals surface area contributed by atoms with E-state index in [9.17, 15) is 0 Å². The number of anilines is 3. The molecular weight excluding hydrogens is 763 g/mol. The van der Waals surface area contributed by atoms with Gasteiger partial charge in [0.05, 0.1) is 16.8 Å². The first-order valence-electron chi connectivity index (χ1n) is 21.9. The Morgan fingerprint density at radius 3 is 1.52 bits per heavy atom. The summed E-state index contributed by atoms with van der Waals surface area (Å²) in [5.41, 5.74) is 22.7. The molecule has 0 fully saturated rings. The van der Waals surface area contributed by atoms with Crippen molar-refractivity contribution in [1.82, 2.24) is 0 Å². The van der Waals surface area contributed by atoms with Gasteiger partial charge in [-0.2, -0.15) is 0 Å². The Balaban J connectivity index is 1.00. The third-order valence-electron chi connectivity index (χ3n) is 13.4. The van der Waals surface area contributed by atoms with Crippen LogP contribution in [-0.2, 0) is 5.41 Å². The SMILES string of the molecule is C/C=C\C1=C(C)c2ccc(-c3ccccc3)cc2C12c1ccccc1-c1c(-c3ccc(N4c5ccc(-c6ccccc6)cc5Oc5cc(-c6ccccc6)ccc54)cc3)cccc12. The third-order valence-corrected chi connectivity index (χ3v) is 13.4. The van der Waals surface area contributed by atoms with Crippen LogP contribution in [0.4, 0.5) is 17.1 Å². The van der Waals surface area contributed by atoms with Gasteiger partial charge < -0.3 is 9.64 Å². The van der Waals surface area contributed by atoms with Crippen molar-refractivity contribution in [2.24, 2.45) is 0 Å². The summed E-state index contributed by atoms with van der Waals surface area (Å²) in [6, 6.07) is 77.2. The van der Waals surface area contributed by atoms with E-state index in [1.807, 2.05) is 0 Å². The summed E-state index contributed by atoms with van der Waals surface area (Å²) in [7, 11) is 0. The smallest absolute Gasteiger partial charge is 0.152 e. The van der Waals surface area contributed by atoms with Crippen LogP contribution in [0.25, 0.3) is 61.2 Å². The number of allylic oxidation sites excluding steroid dienone is 4. The maximum Gasteiger partial charge on any atom is 0.152 e. The molecule has 9 aromatic carbocycles. The molecule has 0 bridgehead atoms. The molecule has 2 aliphatic carbocycles. The molecule has 2 nitrogen and oxygen atoms in total. The quantitative estimate of drug-likeness (QED) is 0.166. The van der Waals surface area contributed by atoms with Crippen molar-refractivity contribution in [3.8, 4) is 67.1 Å².